The lowest BCUT2D eigenvalue weighted by Crippen LogP contribution is -2.23. The van der Waals surface area contributed by atoms with Crippen LogP contribution in [0.15, 0.2) is 23.1 Å². The molecule has 1 atom stereocenters. The predicted molar refractivity (Wildman–Crippen MR) is 66.2 cm³/mol. The number of sulfone groups is 1. The molecule has 1 heterocycles. The van der Waals surface area contributed by atoms with E-state index in [9.17, 15) is 26.4 Å². The second kappa shape index (κ2) is 5.76. The Balaban J connectivity index is 2.35. The second-order valence-electron chi connectivity index (χ2n) is 4.42. The Morgan fingerprint density at radius 3 is 2.50 bits per heavy atom. The minimum atomic E-state index is -5.54. The summed E-state index contributed by atoms with van der Waals surface area (Å²) in [5.41, 5.74) is -5.45. The molecule has 0 N–H and O–H groups in total. The maximum Gasteiger partial charge on any atom is 0.501 e. The van der Waals surface area contributed by atoms with Crippen molar-refractivity contribution in [2.75, 3.05) is 13.2 Å². The molecule has 0 saturated carbocycles. The smallest absolute Gasteiger partial charge is 0.487 e. The van der Waals surface area contributed by atoms with E-state index in [0.29, 0.717) is 12.7 Å². The van der Waals surface area contributed by atoms with Gasteiger partial charge < -0.3 is 14.2 Å². The van der Waals surface area contributed by atoms with E-state index in [2.05, 4.69) is 0 Å². The van der Waals surface area contributed by atoms with Crippen LogP contribution in [-0.2, 0) is 19.4 Å². The topological polar surface area (TPSA) is 82.2 Å². The Bertz CT molecular complexity index is 679. The van der Waals surface area contributed by atoms with Gasteiger partial charge in [0, 0.05) is 13.0 Å². The fraction of sp³-hybridized carbons (Fsp3) is 0.417. The molecule has 1 aliphatic heterocycles. The molecule has 0 amide bonds. The highest BCUT2D eigenvalue weighted by Gasteiger charge is 2.47. The van der Waals surface area contributed by atoms with Gasteiger partial charge in [-0.25, -0.2) is 8.42 Å². The van der Waals surface area contributed by atoms with Crippen molar-refractivity contribution in [3.8, 4) is 11.5 Å². The Morgan fingerprint density at radius 2 is 2.00 bits per heavy atom. The number of alkyl halides is 3. The van der Waals surface area contributed by atoms with Gasteiger partial charge in [-0.2, -0.15) is 13.2 Å². The first-order chi connectivity index (χ1) is 10.1. The van der Waals surface area contributed by atoms with Crippen LogP contribution in [0.2, 0.25) is 0 Å². The van der Waals surface area contributed by atoms with Crippen molar-refractivity contribution in [3.63, 3.8) is 0 Å². The van der Waals surface area contributed by atoms with Gasteiger partial charge in [-0.15, -0.1) is 0 Å². The average molecular weight is 340 g/mol. The van der Waals surface area contributed by atoms with Gasteiger partial charge in [0.05, 0.1) is 11.5 Å². The molecule has 1 fully saturated rings. The summed E-state index contributed by atoms with van der Waals surface area (Å²) >= 11 is 0. The second-order valence-corrected chi connectivity index (χ2v) is 6.36. The summed E-state index contributed by atoms with van der Waals surface area (Å²) < 4.78 is 75.1. The van der Waals surface area contributed by atoms with Crippen LogP contribution in [0, 0.1) is 0 Å². The number of carbonyl (C=O) groups is 1. The Kier molecular flexibility index (Phi) is 4.34. The summed E-state index contributed by atoms with van der Waals surface area (Å²) in [6.45, 7) is 1.63. The molecule has 22 heavy (non-hydrogen) atoms. The molecular weight excluding hydrogens is 329 g/mol. The molecule has 122 valence electrons. The van der Waals surface area contributed by atoms with Crippen molar-refractivity contribution in [1.82, 2.24) is 0 Å². The van der Waals surface area contributed by atoms with Crippen molar-refractivity contribution in [2.24, 2.45) is 0 Å². The molecule has 1 saturated heterocycles. The summed E-state index contributed by atoms with van der Waals surface area (Å²) in [6.07, 6.45) is -0.135. The van der Waals surface area contributed by atoms with Crippen molar-refractivity contribution >= 4 is 15.8 Å². The Hall–Kier alpha value is -1.81. The third-order valence-electron chi connectivity index (χ3n) is 2.61. The van der Waals surface area contributed by atoms with E-state index in [1.54, 1.807) is 0 Å². The van der Waals surface area contributed by atoms with E-state index >= 15 is 0 Å². The highest BCUT2D eigenvalue weighted by Crippen LogP contribution is 2.36. The Labute approximate surface area is 123 Å². The summed E-state index contributed by atoms with van der Waals surface area (Å²) in [5, 5.41) is 0. The predicted octanol–water partition coefficient (Wildman–Crippen LogP) is 1.68. The number of rotatable bonds is 5. The summed E-state index contributed by atoms with van der Waals surface area (Å²) in [4.78, 5) is 9.96. The number of esters is 1. The van der Waals surface area contributed by atoms with Gasteiger partial charge in [-0.1, -0.05) is 0 Å². The van der Waals surface area contributed by atoms with Gasteiger partial charge in [0.15, 0.2) is 11.5 Å². The Morgan fingerprint density at radius 1 is 1.36 bits per heavy atom. The minimum absolute atomic E-state index is 0.0492. The summed E-state index contributed by atoms with van der Waals surface area (Å²) in [5.74, 6) is -1.28. The standard InChI is InChI=1S/C12H11F3O6S/c1-7(16)21-11-4-9(22(17,18)12(13,14)15)2-3-10(11)20-6-8-5-19-8/h2-4,8H,5-6H2,1H3/t8-/m1/s1. The quantitative estimate of drug-likeness (QED) is 0.461. The van der Waals surface area contributed by atoms with E-state index in [0.717, 1.165) is 19.1 Å². The van der Waals surface area contributed by atoms with Gasteiger partial charge >= 0.3 is 11.5 Å². The molecule has 0 aromatic heterocycles. The number of halogens is 3. The zero-order valence-electron chi connectivity index (χ0n) is 11.2. The first-order valence-electron chi connectivity index (χ1n) is 5.99. The maximum atomic E-state index is 12.5. The zero-order valence-corrected chi connectivity index (χ0v) is 12.0. The zero-order chi connectivity index (χ0) is 16.5. The number of benzene rings is 1. The molecule has 1 aromatic carbocycles. The van der Waals surface area contributed by atoms with Crippen LogP contribution in [-0.4, -0.2) is 39.2 Å². The summed E-state index contributed by atoms with van der Waals surface area (Å²) in [7, 11) is -5.54. The van der Waals surface area contributed by atoms with E-state index < -0.39 is 32.0 Å². The first kappa shape index (κ1) is 16.6. The van der Waals surface area contributed by atoms with Gasteiger partial charge in [0.1, 0.15) is 12.7 Å². The van der Waals surface area contributed by atoms with Gasteiger partial charge in [0.25, 0.3) is 9.84 Å². The molecule has 0 bridgehead atoms. The van der Waals surface area contributed by atoms with Crippen LogP contribution in [0.25, 0.3) is 0 Å². The lowest BCUT2D eigenvalue weighted by Gasteiger charge is -2.13. The molecule has 0 unspecified atom stereocenters. The number of ether oxygens (including phenoxy) is 3. The molecule has 0 aliphatic carbocycles. The molecule has 6 nitrogen and oxygen atoms in total. The minimum Gasteiger partial charge on any atom is -0.487 e. The highest BCUT2D eigenvalue weighted by atomic mass is 32.2. The molecular formula is C12H11F3O6S. The number of epoxide rings is 1. The lowest BCUT2D eigenvalue weighted by molar-refractivity contribution is -0.132. The van der Waals surface area contributed by atoms with Gasteiger partial charge in [-0.05, 0) is 12.1 Å². The van der Waals surface area contributed by atoms with Crippen LogP contribution in [0.5, 0.6) is 11.5 Å². The number of hydrogen-bond acceptors (Lipinski definition) is 6. The van der Waals surface area contributed by atoms with Crippen LogP contribution >= 0.6 is 0 Å². The maximum absolute atomic E-state index is 12.5. The van der Waals surface area contributed by atoms with Gasteiger partial charge in [0.2, 0.25) is 0 Å². The van der Waals surface area contributed by atoms with E-state index in [1.165, 1.54) is 0 Å². The molecule has 1 aromatic rings. The molecule has 1 aliphatic rings. The fourth-order valence-electron chi connectivity index (χ4n) is 1.49. The number of hydrogen-bond donors (Lipinski definition) is 0. The van der Waals surface area contributed by atoms with Crippen LogP contribution < -0.4 is 9.47 Å². The monoisotopic (exact) mass is 340 g/mol. The van der Waals surface area contributed by atoms with Crippen LogP contribution in [0.1, 0.15) is 6.92 Å². The molecule has 10 heteroatoms. The van der Waals surface area contributed by atoms with Crippen molar-refractivity contribution < 1.29 is 40.6 Å². The van der Waals surface area contributed by atoms with Crippen molar-refractivity contribution in [3.05, 3.63) is 18.2 Å². The van der Waals surface area contributed by atoms with Crippen molar-refractivity contribution in [1.29, 1.82) is 0 Å². The van der Waals surface area contributed by atoms with Gasteiger partial charge in [-0.3, -0.25) is 4.79 Å². The third-order valence-corrected chi connectivity index (χ3v) is 4.09. The SMILES string of the molecule is CC(=O)Oc1cc(S(=O)(=O)C(F)(F)F)ccc1OC[C@H]1CO1. The highest BCUT2D eigenvalue weighted by molar-refractivity contribution is 7.92. The number of carbonyl (C=O) groups excluding carboxylic acids is 1. The summed E-state index contributed by atoms with van der Waals surface area (Å²) in [6, 6.07) is 2.34. The first-order valence-corrected chi connectivity index (χ1v) is 7.48. The van der Waals surface area contributed by atoms with Crippen LogP contribution in [0.3, 0.4) is 0 Å². The molecule has 0 radical (unpaired) electrons. The van der Waals surface area contributed by atoms with E-state index in [1.807, 2.05) is 0 Å². The van der Waals surface area contributed by atoms with E-state index in [-0.39, 0.29) is 18.5 Å². The van der Waals surface area contributed by atoms with Crippen LogP contribution in [0.4, 0.5) is 13.2 Å². The fourth-order valence-corrected chi connectivity index (χ4v) is 2.27. The molecule has 2 rings (SSSR count). The average Bonchev–Trinajstić information content (AvgIpc) is 3.19. The third kappa shape index (κ3) is 3.69. The van der Waals surface area contributed by atoms with E-state index in [4.69, 9.17) is 14.2 Å². The van der Waals surface area contributed by atoms with Crippen molar-refractivity contribution in [2.45, 2.75) is 23.4 Å². The lowest BCUT2D eigenvalue weighted by atomic mass is 10.3. The normalized spacial score (nSPS) is 17.9. The molecule has 0 spiro atoms. The largest absolute Gasteiger partial charge is 0.501 e.